The second-order valence-electron chi connectivity index (χ2n) is 5.75. The Hall–Kier alpha value is -1.34. The predicted octanol–water partition coefficient (Wildman–Crippen LogP) is 2.48. The molecule has 0 amide bonds. The molecule has 118 valence electrons. The number of nitro groups is 1. The first-order chi connectivity index (χ1) is 10.5. The van der Waals surface area contributed by atoms with E-state index < -0.39 is 30.2 Å². The Morgan fingerprint density at radius 2 is 1.91 bits per heavy atom. The summed E-state index contributed by atoms with van der Waals surface area (Å²) in [6.07, 6.45) is 0.407. The third-order valence-corrected chi connectivity index (χ3v) is 7.04. The second-order valence-corrected chi connectivity index (χ2v) is 8.08. The van der Waals surface area contributed by atoms with Crippen molar-refractivity contribution in [3.05, 3.63) is 39.2 Å². The maximum atomic E-state index is 14.2. The van der Waals surface area contributed by atoms with Gasteiger partial charge in [0.15, 0.2) is 0 Å². The van der Waals surface area contributed by atoms with E-state index >= 15 is 0 Å². The average Bonchev–Trinajstić information content (AvgIpc) is 3.36. The van der Waals surface area contributed by atoms with Crippen LogP contribution in [0.5, 0.6) is 0 Å². The molecule has 0 radical (unpaired) electrons. The van der Waals surface area contributed by atoms with Gasteiger partial charge in [0.05, 0.1) is 11.0 Å². The Morgan fingerprint density at radius 3 is 2.45 bits per heavy atom. The van der Waals surface area contributed by atoms with Crippen LogP contribution in [0.2, 0.25) is 0 Å². The first kappa shape index (κ1) is 14.3. The summed E-state index contributed by atoms with van der Waals surface area (Å²) < 4.78 is 36.7. The maximum Gasteiger partial charge on any atom is 0.346 e. The molecule has 0 saturated carbocycles. The Bertz CT molecular complexity index is 689. The largest absolute Gasteiger partial charge is 0.346 e. The highest BCUT2D eigenvalue weighted by Crippen LogP contribution is 2.64. The molecule has 0 aromatic heterocycles. The number of halogens is 1. The van der Waals surface area contributed by atoms with E-state index in [0.717, 1.165) is 32.2 Å². The van der Waals surface area contributed by atoms with Crippen molar-refractivity contribution in [2.75, 3.05) is 26.2 Å². The fraction of sp³-hybridized carbons (Fsp3) is 0.538. The zero-order valence-electron chi connectivity index (χ0n) is 11.8. The summed E-state index contributed by atoms with van der Waals surface area (Å²) in [4.78, 5) is 10.1. The van der Waals surface area contributed by atoms with Gasteiger partial charge in [0.25, 0.3) is 0 Å². The number of nitrogens with zero attached hydrogens (tertiary/aromatic N) is 3. The van der Waals surface area contributed by atoms with E-state index in [1.165, 1.54) is 6.07 Å². The number of nitro benzene ring substituents is 1. The van der Waals surface area contributed by atoms with Crippen LogP contribution >= 0.6 is 7.67 Å². The van der Waals surface area contributed by atoms with Gasteiger partial charge < -0.3 is 0 Å². The van der Waals surface area contributed by atoms with Gasteiger partial charge in [-0.1, -0.05) is 0 Å². The fourth-order valence-corrected chi connectivity index (χ4v) is 5.30. The molecule has 0 unspecified atom stereocenters. The van der Waals surface area contributed by atoms with Crippen molar-refractivity contribution in [1.29, 1.82) is 0 Å². The summed E-state index contributed by atoms with van der Waals surface area (Å²) in [5.74, 6) is -0.790. The minimum atomic E-state index is -2.98. The first-order valence-corrected chi connectivity index (χ1v) is 8.78. The average molecular weight is 327 g/mol. The van der Waals surface area contributed by atoms with Crippen LogP contribution in [0.25, 0.3) is 0 Å². The van der Waals surface area contributed by atoms with Crippen molar-refractivity contribution in [2.24, 2.45) is 0 Å². The molecule has 7 nitrogen and oxygen atoms in total. The van der Waals surface area contributed by atoms with Gasteiger partial charge in [-0.3, -0.25) is 19.2 Å². The molecule has 2 saturated heterocycles. The summed E-state index contributed by atoms with van der Waals surface area (Å²) >= 11 is 0. The summed E-state index contributed by atoms with van der Waals surface area (Å²) in [5, 5.41) is 10.8. The van der Waals surface area contributed by atoms with Crippen LogP contribution in [0.1, 0.15) is 23.7 Å². The van der Waals surface area contributed by atoms with Crippen LogP contribution in [0.15, 0.2) is 12.1 Å². The maximum absolute atomic E-state index is 14.2. The fourth-order valence-electron chi connectivity index (χ4n) is 2.93. The topological polar surface area (TPSA) is 75.5 Å². The van der Waals surface area contributed by atoms with Crippen LogP contribution < -0.4 is 0 Å². The molecule has 2 heterocycles. The molecular weight excluding hydrogens is 312 g/mol. The number of benzene rings is 1. The molecule has 2 fully saturated rings. The van der Waals surface area contributed by atoms with E-state index in [-0.39, 0.29) is 0 Å². The molecule has 9 heteroatoms. The summed E-state index contributed by atoms with van der Waals surface area (Å²) in [6.45, 7) is 3.01. The Kier molecular flexibility index (Phi) is 3.13. The Balaban J connectivity index is 1.63. The molecule has 0 N–H and O–H groups in total. The first-order valence-electron chi connectivity index (χ1n) is 7.25. The van der Waals surface area contributed by atoms with Gasteiger partial charge in [0.1, 0.15) is 0 Å². The molecule has 22 heavy (non-hydrogen) atoms. The van der Waals surface area contributed by atoms with Crippen molar-refractivity contribution >= 4 is 13.4 Å². The number of hydrogen-bond acceptors (Lipinski definition) is 4. The third-order valence-electron chi connectivity index (χ3n) is 4.29. The van der Waals surface area contributed by atoms with Crippen molar-refractivity contribution in [2.45, 2.75) is 18.9 Å². The third kappa shape index (κ3) is 2.18. The van der Waals surface area contributed by atoms with Gasteiger partial charge in [-0.25, -0.2) is 9.34 Å². The summed E-state index contributed by atoms with van der Waals surface area (Å²) in [5.41, 5.74) is 0.397. The lowest BCUT2D eigenvalue weighted by Crippen LogP contribution is -2.11. The lowest BCUT2D eigenvalue weighted by atomic mass is 10.1. The quantitative estimate of drug-likeness (QED) is 0.358. The van der Waals surface area contributed by atoms with Gasteiger partial charge in [-0.2, -0.15) is 4.39 Å². The Labute approximate surface area is 126 Å². The van der Waals surface area contributed by atoms with Gasteiger partial charge in [-0.15, -0.1) is 0 Å². The lowest BCUT2D eigenvalue weighted by Gasteiger charge is -2.24. The predicted molar refractivity (Wildman–Crippen MR) is 76.0 cm³/mol. The van der Waals surface area contributed by atoms with E-state index in [1.807, 2.05) is 0 Å². The zero-order chi connectivity index (χ0) is 15.5. The van der Waals surface area contributed by atoms with E-state index in [0.29, 0.717) is 24.0 Å². The molecule has 2 aliphatic heterocycles. The van der Waals surface area contributed by atoms with E-state index in [4.69, 9.17) is 4.52 Å². The number of rotatable bonds is 5. The molecule has 0 bridgehead atoms. The second kappa shape index (κ2) is 4.83. The van der Waals surface area contributed by atoms with E-state index in [2.05, 4.69) is 0 Å². The molecule has 1 aliphatic carbocycles. The van der Waals surface area contributed by atoms with Crippen molar-refractivity contribution in [3.63, 3.8) is 0 Å². The molecule has 3 aliphatic rings. The van der Waals surface area contributed by atoms with Gasteiger partial charge in [0, 0.05) is 37.8 Å². The summed E-state index contributed by atoms with van der Waals surface area (Å²) in [6, 6.07) is 2.69. The summed E-state index contributed by atoms with van der Waals surface area (Å²) in [7, 11) is -2.98. The Morgan fingerprint density at radius 1 is 1.27 bits per heavy atom. The highest BCUT2D eigenvalue weighted by atomic mass is 31.2. The van der Waals surface area contributed by atoms with Crippen LogP contribution in [-0.2, 0) is 15.5 Å². The molecule has 4 rings (SSSR count). The van der Waals surface area contributed by atoms with Crippen LogP contribution in [0.4, 0.5) is 10.1 Å². The van der Waals surface area contributed by atoms with Gasteiger partial charge in [-0.05, 0) is 24.5 Å². The van der Waals surface area contributed by atoms with Crippen molar-refractivity contribution < 1.29 is 18.4 Å². The minimum Gasteiger partial charge on any atom is -0.298 e. The van der Waals surface area contributed by atoms with Gasteiger partial charge >= 0.3 is 13.4 Å². The van der Waals surface area contributed by atoms with Crippen LogP contribution in [-0.4, -0.2) is 40.4 Å². The zero-order valence-corrected chi connectivity index (χ0v) is 12.7. The highest BCUT2D eigenvalue weighted by Gasteiger charge is 2.51. The van der Waals surface area contributed by atoms with E-state index in [9.17, 15) is 19.1 Å². The van der Waals surface area contributed by atoms with Crippen LogP contribution in [0, 0.1) is 15.9 Å². The smallest absolute Gasteiger partial charge is 0.298 e. The standard InChI is InChI=1S/C13H15FN3O4P/c14-13-10-2-4-12(9(10)1-3-11(13)17(18)19)21-22(20,15-5-6-15)16-7-8-16/h1,3,12H,2,4-8H2/t12-/m0/s1. The number of fused-ring (bicyclic) bond motifs is 1. The van der Waals surface area contributed by atoms with E-state index in [1.54, 1.807) is 9.34 Å². The normalized spacial score (nSPS) is 24.3. The van der Waals surface area contributed by atoms with Crippen molar-refractivity contribution in [3.8, 4) is 0 Å². The van der Waals surface area contributed by atoms with Gasteiger partial charge in [0.2, 0.25) is 5.82 Å². The highest BCUT2D eigenvalue weighted by molar-refractivity contribution is 7.54. The molecule has 1 aromatic carbocycles. The number of hydrogen-bond donors (Lipinski definition) is 0. The molecule has 0 spiro atoms. The van der Waals surface area contributed by atoms with Crippen molar-refractivity contribution in [1.82, 2.24) is 9.34 Å². The monoisotopic (exact) mass is 327 g/mol. The molecule has 1 atom stereocenters. The minimum absolute atomic E-state index is 0.322. The molecule has 1 aromatic rings. The van der Waals surface area contributed by atoms with Crippen LogP contribution in [0.3, 0.4) is 0 Å². The molecular formula is C13H15FN3O4P. The SMILES string of the molecule is O=[N+]([O-])c1ccc2c(c1F)CC[C@@H]2OP(=O)(N1CC1)N1CC1. The lowest BCUT2D eigenvalue weighted by molar-refractivity contribution is -0.387.